The third-order valence-corrected chi connectivity index (χ3v) is 1.99. The molecule has 0 saturated heterocycles. The minimum atomic E-state index is -1.36. The van der Waals surface area contributed by atoms with Crippen molar-refractivity contribution < 1.29 is 10.0 Å². The van der Waals surface area contributed by atoms with Gasteiger partial charge in [-0.2, -0.15) is 0 Å². The molecule has 0 aliphatic heterocycles. The first kappa shape index (κ1) is 8.30. The molecule has 11 heavy (non-hydrogen) atoms. The summed E-state index contributed by atoms with van der Waals surface area (Å²) in [7, 11) is -1.36. The highest BCUT2D eigenvalue weighted by Gasteiger charge is 2.36. The SMILES string of the molecule is C=CC1(B(O)O)C=CC=CC1. The van der Waals surface area contributed by atoms with Gasteiger partial charge in [-0.1, -0.05) is 30.4 Å². The fourth-order valence-electron chi connectivity index (χ4n) is 1.10. The summed E-state index contributed by atoms with van der Waals surface area (Å²) >= 11 is 0. The van der Waals surface area contributed by atoms with Gasteiger partial charge < -0.3 is 10.0 Å². The van der Waals surface area contributed by atoms with Crippen molar-refractivity contribution in [1.82, 2.24) is 0 Å². The maximum Gasteiger partial charge on any atom is 0.466 e. The summed E-state index contributed by atoms with van der Waals surface area (Å²) in [6.07, 6.45) is 9.49. The van der Waals surface area contributed by atoms with E-state index >= 15 is 0 Å². The average molecular weight is 150 g/mol. The Morgan fingerprint density at radius 3 is 2.45 bits per heavy atom. The Balaban J connectivity index is 2.85. The van der Waals surface area contributed by atoms with Crippen molar-refractivity contribution in [3.05, 3.63) is 37.0 Å². The first-order valence-corrected chi connectivity index (χ1v) is 3.55. The van der Waals surface area contributed by atoms with Crippen LogP contribution in [0.15, 0.2) is 37.0 Å². The summed E-state index contributed by atoms with van der Waals surface area (Å²) in [5.74, 6) is 0. The van der Waals surface area contributed by atoms with Crippen molar-refractivity contribution in [2.24, 2.45) is 0 Å². The fourth-order valence-corrected chi connectivity index (χ4v) is 1.10. The Morgan fingerprint density at radius 2 is 2.18 bits per heavy atom. The van der Waals surface area contributed by atoms with Crippen molar-refractivity contribution in [2.45, 2.75) is 11.7 Å². The van der Waals surface area contributed by atoms with Gasteiger partial charge in [0.15, 0.2) is 0 Å². The second-order valence-electron chi connectivity index (χ2n) is 2.68. The molecule has 1 atom stereocenters. The molecule has 1 rings (SSSR count). The summed E-state index contributed by atoms with van der Waals surface area (Å²) < 4.78 is 0. The lowest BCUT2D eigenvalue weighted by Gasteiger charge is -2.25. The third kappa shape index (κ3) is 1.44. The molecule has 2 N–H and O–H groups in total. The van der Waals surface area contributed by atoms with Gasteiger partial charge in [0.05, 0.1) is 0 Å². The quantitative estimate of drug-likeness (QED) is 0.453. The van der Waals surface area contributed by atoms with Crippen molar-refractivity contribution >= 4 is 7.12 Å². The van der Waals surface area contributed by atoms with Crippen LogP contribution in [0.4, 0.5) is 0 Å². The van der Waals surface area contributed by atoms with Gasteiger partial charge in [-0.3, -0.25) is 0 Å². The van der Waals surface area contributed by atoms with E-state index in [1.54, 1.807) is 18.2 Å². The predicted octanol–water partition coefficient (Wildman–Crippen LogP) is 0.902. The molecule has 0 fully saturated rings. The standard InChI is InChI=1S/C8H11BO2/c1-2-8(9(10)11)6-4-3-5-7-8/h2-6,10-11H,1,7H2. The molecule has 1 aliphatic carbocycles. The zero-order valence-electron chi connectivity index (χ0n) is 6.27. The van der Waals surface area contributed by atoms with Gasteiger partial charge in [-0.25, -0.2) is 0 Å². The molecule has 0 amide bonds. The zero-order chi connectivity index (χ0) is 8.32. The topological polar surface area (TPSA) is 40.5 Å². The summed E-state index contributed by atoms with van der Waals surface area (Å²) in [6.45, 7) is 3.57. The lowest BCUT2D eigenvalue weighted by atomic mass is 9.55. The van der Waals surface area contributed by atoms with E-state index in [9.17, 15) is 0 Å². The first-order chi connectivity index (χ1) is 5.21. The second-order valence-corrected chi connectivity index (χ2v) is 2.68. The molecule has 0 heterocycles. The molecule has 1 aliphatic rings. The number of hydrogen-bond donors (Lipinski definition) is 2. The Bertz CT molecular complexity index is 208. The van der Waals surface area contributed by atoms with Gasteiger partial charge in [0, 0.05) is 5.31 Å². The van der Waals surface area contributed by atoms with E-state index in [-0.39, 0.29) is 0 Å². The van der Waals surface area contributed by atoms with Crippen LogP contribution in [0.3, 0.4) is 0 Å². The third-order valence-electron chi connectivity index (χ3n) is 1.99. The Morgan fingerprint density at radius 1 is 1.45 bits per heavy atom. The molecule has 0 radical (unpaired) electrons. The van der Waals surface area contributed by atoms with E-state index in [1.807, 2.05) is 12.2 Å². The van der Waals surface area contributed by atoms with Crippen LogP contribution in [0.5, 0.6) is 0 Å². The van der Waals surface area contributed by atoms with E-state index in [1.165, 1.54) is 0 Å². The lowest BCUT2D eigenvalue weighted by Crippen LogP contribution is -2.30. The van der Waals surface area contributed by atoms with Gasteiger partial charge in [0.25, 0.3) is 0 Å². The number of rotatable bonds is 2. The predicted molar refractivity (Wildman–Crippen MR) is 46.0 cm³/mol. The van der Waals surface area contributed by atoms with Crippen LogP contribution < -0.4 is 0 Å². The van der Waals surface area contributed by atoms with Crippen molar-refractivity contribution in [1.29, 1.82) is 0 Å². The molecule has 58 valence electrons. The molecule has 3 heteroatoms. The maximum absolute atomic E-state index is 9.03. The fraction of sp³-hybridized carbons (Fsp3) is 0.250. The van der Waals surface area contributed by atoms with Crippen molar-refractivity contribution in [3.8, 4) is 0 Å². The van der Waals surface area contributed by atoms with E-state index in [2.05, 4.69) is 6.58 Å². The Labute approximate surface area is 66.7 Å². The smallest absolute Gasteiger partial charge is 0.426 e. The number of allylic oxidation sites excluding steroid dienone is 5. The highest BCUT2D eigenvalue weighted by molar-refractivity contribution is 6.47. The summed E-state index contributed by atoms with van der Waals surface area (Å²) in [6, 6.07) is 0. The normalized spacial score (nSPS) is 28.5. The lowest BCUT2D eigenvalue weighted by molar-refractivity contribution is 0.376. The summed E-state index contributed by atoms with van der Waals surface area (Å²) in [5, 5.41) is 17.4. The monoisotopic (exact) mass is 150 g/mol. The summed E-state index contributed by atoms with van der Waals surface area (Å²) in [4.78, 5) is 0. The Kier molecular flexibility index (Phi) is 2.32. The van der Waals surface area contributed by atoms with Gasteiger partial charge in [0.2, 0.25) is 0 Å². The molecule has 0 spiro atoms. The maximum atomic E-state index is 9.03. The molecule has 0 aromatic heterocycles. The van der Waals surface area contributed by atoms with Crippen molar-refractivity contribution in [2.75, 3.05) is 0 Å². The number of hydrogen-bond acceptors (Lipinski definition) is 2. The molecule has 1 unspecified atom stereocenters. The molecular weight excluding hydrogens is 139 g/mol. The van der Waals surface area contributed by atoms with Gasteiger partial charge in [0.1, 0.15) is 0 Å². The highest BCUT2D eigenvalue weighted by Crippen LogP contribution is 2.37. The first-order valence-electron chi connectivity index (χ1n) is 3.55. The van der Waals surface area contributed by atoms with Crippen LogP contribution in [-0.2, 0) is 0 Å². The van der Waals surface area contributed by atoms with Gasteiger partial charge in [-0.05, 0) is 6.42 Å². The zero-order valence-corrected chi connectivity index (χ0v) is 6.27. The molecule has 0 aromatic rings. The van der Waals surface area contributed by atoms with Crippen LogP contribution >= 0.6 is 0 Å². The van der Waals surface area contributed by atoms with E-state index < -0.39 is 12.4 Å². The molecule has 2 nitrogen and oxygen atoms in total. The van der Waals surface area contributed by atoms with Gasteiger partial charge in [-0.15, -0.1) is 6.58 Å². The van der Waals surface area contributed by atoms with Crippen molar-refractivity contribution in [3.63, 3.8) is 0 Å². The van der Waals surface area contributed by atoms with Crippen LogP contribution in [0.25, 0.3) is 0 Å². The average Bonchev–Trinajstić information content (AvgIpc) is 2.05. The minimum absolute atomic E-state index is 0.602. The van der Waals surface area contributed by atoms with E-state index in [0.29, 0.717) is 6.42 Å². The van der Waals surface area contributed by atoms with Crippen LogP contribution in [0, 0.1) is 0 Å². The molecule has 0 saturated carbocycles. The second kappa shape index (κ2) is 3.07. The van der Waals surface area contributed by atoms with Crippen LogP contribution in [-0.4, -0.2) is 17.2 Å². The largest absolute Gasteiger partial charge is 0.466 e. The summed E-state index contributed by atoms with van der Waals surface area (Å²) in [5.41, 5.74) is 0. The van der Waals surface area contributed by atoms with Gasteiger partial charge >= 0.3 is 7.12 Å². The van der Waals surface area contributed by atoms with Crippen LogP contribution in [0.2, 0.25) is 5.31 Å². The molecular formula is C8H11BO2. The molecule has 0 bridgehead atoms. The Hall–Kier alpha value is -0.795. The highest BCUT2D eigenvalue weighted by atomic mass is 16.4. The van der Waals surface area contributed by atoms with E-state index in [4.69, 9.17) is 10.0 Å². The van der Waals surface area contributed by atoms with Crippen LogP contribution in [0.1, 0.15) is 6.42 Å². The van der Waals surface area contributed by atoms with E-state index in [0.717, 1.165) is 0 Å². The molecule has 0 aromatic carbocycles. The minimum Gasteiger partial charge on any atom is -0.426 e.